The molecular weight excluding hydrogens is 372 g/mol. The highest BCUT2D eigenvalue weighted by Gasteiger charge is 2.69. The van der Waals surface area contributed by atoms with Crippen molar-refractivity contribution in [2.24, 2.45) is 34.5 Å². The second-order valence-electron chi connectivity index (χ2n) is 10.6. The summed E-state index contributed by atoms with van der Waals surface area (Å²) < 4.78 is 4.88. The zero-order valence-electron chi connectivity index (χ0n) is 17.8. The van der Waals surface area contributed by atoms with Crippen LogP contribution in [0.15, 0.2) is 0 Å². The largest absolute Gasteiger partial charge is 0.458 e. The number of ketones is 2. The molecule has 0 aromatic heterocycles. The molecule has 0 aromatic rings. The van der Waals surface area contributed by atoms with Crippen LogP contribution in [0.25, 0.3) is 0 Å². The predicted octanol–water partition coefficient (Wildman–Crippen LogP) is 2.43. The first-order chi connectivity index (χ1) is 13.5. The van der Waals surface area contributed by atoms with Crippen LogP contribution in [0.1, 0.15) is 72.1 Å². The zero-order valence-corrected chi connectivity index (χ0v) is 17.8. The van der Waals surface area contributed by atoms with E-state index in [9.17, 15) is 24.6 Å². The molecule has 8 atom stereocenters. The first-order valence-corrected chi connectivity index (χ1v) is 11.1. The molecule has 2 N–H and O–H groups in total. The second kappa shape index (κ2) is 6.88. The smallest absolute Gasteiger partial charge is 0.303 e. The number of Topliss-reactive ketones (excluding diaryl/α,β-unsaturated/α-hetero) is 2. The van der Waals surface area contributed by atoms with Crippen LogP contribution in [0, 0.1) is 34.5 Å². The molecular formula is C23H34O6. The Bertz CT molecular complexity index is 733. The van der Waals surface area contributed by atoms with Gasteiger partial charge in [0.15, 0.2) is 6.61 Å². The molecule has 0 unspecified atom stereocenters. The molecule has 4 aliphatic carbocycles. The zero-order chi connectivity index (χ0) is 21.2. The lowest BCUT2D eigenvalue weighted by Gasteiger charge is -2.60. The average Bonchev–Trinajstić information content (AvgIpc) is 2.91. The molecule has 4 saturated carbocycles. The number of esters is 1. The third kappa shape index (κ3) is 2.93. The third-order valence-electron chi connectivity index (χ3n) is 9.35. The Kier molecular flexibility index (Phi) is 4.97. The number of fused-ring (bicyclic) bond motifs is 5. The molecule has 0 spiro atoms. The van der Waals surface area contributed by atoms with E-state index < -0.39 is 29.4 Å². The normalized spacial score (nSPS) is 49.0. The summed E-state index contributed by atoms with van der Waals surface area (Å²) in [5, 5.41) is 21.6. The van der Waals surface area contributed by atoms with Crippen molar-refractivity contribution in [2.75, 3.05) is 6.61 Å². The lowest BCUT2D eigenvalue weighted by Crippen LogP contribution is -2.62. The van der Waals surface area contributed by atoms with Crippen LogP contribution in [0.3, 0.4) is 0 Å². The summed E-state index contributed by atoms with van der Waals surface area (Å²) in [6.45, 7) is 4.93. The van der Waals surface area contributed by atoms with Gasteiger partial charge in [0.2, 0.25) is 5.78 Å². The van der Waals surface area contributed by atoms with Crippen molar-refractivity contribution in [3.05, 3.63) is 0 Å². The molecule has 4 fully saturated rings. The van der Waals surface area contributed by atoms with Crippen LogP contribution in [0.2, 0.25) is 0 Å². The number of ether oxygens (including phenoxy) is 1. The average molecular weight is 407 g/mol. The fraction of sp³-hybridized carbons (Fsp3) is 0.870. The third-order valence-corrected chi connectivity index (χ3v) is 9.35. The van der Waals surface area contributed by atoms with Crippen molar-refractivity contribution in [1.29, 1.82) is 0 Å². The van der Waals surface area contributed by atoms with E-state index in [1.165, 1.54) is 6.92 Å². The van der Waals surface area contributed by atoms with Gasteiger partial charge in [0.1, 0.15) is 11.4 Å². The fourth-order valence-corrected chi connectivity index (χ4v) is 7.80. The van der Waals surface area contributed by atoms with Crippen LogP contribution in [0.4, 0.5) is 0 Å². The molecule has 6 nitrogen and oxygen atoms in total. The molecule has 0 radical (unpaired) electrons. The number of aliphatic hydroxyl groups excluding tert-OH is 1. The summed E-state index contributed by atoms with van der Waals surface area (Å²) in [6.07, 6.45) is 5.28. The van der Waals surface area contributed by atoms with Crippen molar-refractivity contribution in [3.8, 4) is 0 Å². The first-order valence-electron chi connectivity index (χ1n) is 11.1. The number of carbonyl (C=O) groups excluding carboxylic acids is 3. The molecule has 0 aliphatic heterocycles. The lowest BCUT2D eigenvalue weighted by atomic mass is 9.44. The van der Waals surface area contributed by atoms with E-state index in [4.69, 9.17) is 4.74 Å². The number of hydrogen-bond donors (Lipinski definition) is 2. The van der Waals surface area contributed by atoms with E-state index in [-0.39, 0.29) is 41.5 Å². The topological polar surface area (TPSA) is 101 Å². The molecule has 0 aromatic carbocycles. The highest BCUT2D eigenvalue weighted by molar-refractivity contribution is 5.93. The highest BCUT2D eigenvalue weighted by atomic mass is 16.5. The van der Waals surface area contributed by atoms with Gasteiger partial charge in [-0.3, -0.25) is 14.4 Å². The SMILES string of the molecule is CC(=O)OCC(=O)[C@]1(O)CC[C@@H]2[C@H]3CC[C@H]4C[C@@H](O)CC[C@]4(C)[C@@H]3C(=O)C[C@]21C. The summed E-state index contributed by atoms with van der Waals surface area (Å²) in [4.78, 5) is 37.5. The Morgan fingerprint density at radius 3 is 2.55 bits per heavy atom. The quantitative estimate of drug-likeness (QED) is 0.698. The van der Waals surface area contributed by atoms with Gasteiger partial charge in [0.05, 0.1) is 6.10 Å². The molecule has 0 bridgehead atoms. The Balaban J connectivity index is 1.63. The molecule has 29 heavy (non-hydrogen) atoms. The lowest BCUT2D eigenvalue weighted by molar-refractivity contribution is -0.181. The van der Waals surface area contributed by atoms with E-state index in [2.05, 4.69) is 6.92 Å². The molecule has 0 amide bonds. The van der Waals surface area contributed by atoms with E-state index >= 15 is 0 Å². The van der Waals surface area contributed by atoms with Crippen molar-refractivity contribution in [3.63, 3.8) is 0 Å². The number of hydrogen-bond acceptors (Lipinski definition) is 6. The van der Waals surface area contributed by atoms with E-state index in [1.54, 1.807) is 0 Å². The Hall–Kier alpha value is -1.27. The molecule has 4 aliphatic rings. The minimum atomic E-state index is -1.62. The van der Waals surface area contributed by atoms with Gasteiger partial charge in [-0.25, -0.2) is 0 Å². The molecule has 0 heterocycles. The Morgan fingerprint density at radius 2 is 1.86 bits per heavy atom. The monoisotopic (exact) mass is 406 g/mol. The maximum Gasteiger partial charge on any atom is 0.303 e. The van der Waals surface area contributed by atoms with Gasteiger partial charge in [0, 0.05) is 24.7 Å². The summed E-state index contributed by atoms with van der Waals surface area (Å²) in [6, 6.07) is 0. The Labute approximate surface area is 172 Å². The molecule has 162 valence electrons. The van der Waals surface area contributed by atoms with Crippen molar-refractivity contribution < 1.29 is 29.3 Å². The molecule has 0 saturated heterocycles. The van der Waals surface area contributed by atoms with Crippen molar-refractivity contribution >= 4 is 17.5 Å². The van der Waals surface area contributed by atoms with Crippen LogP contribution in [-0.4, -0.2) is 46.1 Å². The van der Waals surface area contributed by atoms with Gasteiger partial charge in [0.25, 0.3) is 0 Å². The molecule has 4 rings (SSSR count). The van der Waals surface area contributed by atoms with Gasteiger partial charge >= 0.3 is 5.97 Å². The summed E-state index contributed by atoms with van der Waals surface area (Å²) in [5.74, 6) is -0.256. The summed E-state index contributed by atoms with van der Waals surface area (Å²) >= 11 is 0. The van der Waals surface area contributed by atoms with Crippen LogP contribution in [0.5, 0.6) is 0 Å². The first kappa shape index (κ1) is 21.0. The van der Waals surface area contributed by atoms with Crippen LogP contribution >= 0.6 is 0 Å². The Morgan fingerprint density at radius 1 is 1.14 bits per heavy atom. The van der Waals surface area contributed by atoms with Crippen molar-refractivity contribution in [1.82, 2.24) is 0 Å². The van der Waals surface area contributed by atoms with Crippen LogP contribution < -0.4 is 0 Å². The van der Waals surface area contributed by atoms with E-state index in [0.717, 1.165) is 38.5 Å². The molecule has 6 heteroatoms. The minimum Gasteiger partial charge on any atom is -0.458 e. The summed E-state index contributed by atoms with van der Waals surface area (Å²) in [7, 11) is 0. The number of carbonyl (C=O) groups is 3. The van der Waals surface area contributed by atoms with Crippen molar-refractivity contribution in [2.45, 2.75) is 83.8 Å². The fourth-order valence-electron chi connectivity index (χ4n) is 7.80. The second-order valence-corrected chi connectivity index (χ2v) is 10.6. The van der Waals surface area contributed by atoms with E-state index in [1.807, 2.05) is 6.92 Å². The maximum absolute atomic E-state index is 13.5. The predicted molar refractivity (Wildman–Crippen MR) is 105 cm³/mol. The van der Waals surface area contributed by atoms with Gasteiger partial charge in [-0.15, -0.1) is 0 Å². The minimum absolute atomic E-state index is 0.0438. The van der Waals surface area contributed by atoms with Gasteiger partial charge < -0.3 is 14.9 Å². The summed E-state index contributed by atoms with van der Waals surface area (Å²) in [5.41, 5.74) is -2.52. The van der Waals surface area contributed by atoms with Gasteiger partial charge in [-0.1, -0.05) is 13.8 Å². The van der Waals surface area contributed by atoms with E-state index in [0.29, 0.717) is 12.3 Å². The maximum atomic E-state index is 13.5. The number of rotatable bonds is 3. The van der Waals surface area contributed by atoms with Gasteiger partial charge in [-0.05, 0) is 68.1 Å². The van der Waals surface area contributed by atoms with Crippen LogP contribution in [-0.2, 0) is 19.1 Å². The number of aliphatic hydroxyl groups is 2. The standard InChI is InChI=1S/C23H34O6/c1-13(24)29-12-19(27)23(28)9-7-17-16-5-4-14-10-15(25)6-8-21(14,2)20(16)18(26)11-22(17,23)3/h14-17,20,25,28H,4-12H2,1-3H3/t14-,15-,16+,17+,20-,21-,22+,23+/m0/s1. The highest BCUT2D eigenvalue weighted by Crippen LogP contribution is 2.67. The van der Waals surface area contributed by atoms with Gasteiger partial charge in [-0.2, -0.15) is 0 Å².